The monoisotopic (exact) mass is 466 g/mol. The van der Waals surface area contributed by atoms with Crippen LogP contribution in [0.25, 0.3) is 0 Å². The highest BCUT2D eigenvalue weighted by molar-refractivity contribution is 14.0. The minimum atomic E-state index is 0. The summed E-state index contributed by atoms with van der Waals surface area (Å²) >= 11 is 0. The Kier molecular flexibility index (Phi) is 8.15. The summed E-state index contributed by atoms with van der Waals surface area (Å²) < 4.78 is 5.77. The molecule has 0 radical (unpaired) electrons. The molecule has 2 N–H and O–H groups in total. The second-order valence-electron chi connectivity index (χ2n) is 6.62. The molecule has 6 heteroatoms. The topological polar surface area (TPSA) is 63.7 Å². The Hall–Kier alpha value is -1.83. The van der Waals surface area contributed by atoms with E-state index in [1.54, 1.807) is 6.20 Å². The van der Waals surface area contributed by atoms with Gasteiger partial charge in [-0.25, -0.2) is 9.98 Å². The van der Waals surface area contributed by atoms with Crippen molar-refractivity contribution in [3.63, 3.8) is 0 Å². The van der Waals surface area contributed by atoms with Gasteiger partial charge in [-0.1, -0.05) is 37.3 Å². The third-order valence-corrected chi connectivity index (χ3v) is 4.56. The minimum Gasteiger partial charge on any atom is -0.473 e. The van der Waals surface area contributed by atoms with Gasteiger partial charge < -0.3 is 15.4 Å². The molecule has 0 atom stereocenters. The van der Waals surface area contributed by atoms with E-state index in [1.165, 1.54) is 12.8 Å². The van der Waals surface area contributed by atoms with Gasteiger partial charge in [0, 0.05) is 25.4 Å². The second kappa shape index (κ2) is 10.4. The molecule has 3 rings (SSSR count). The predicted molar refractivity (Wildman–Crippen MR) is 116 cm³/mol. The van der Waals surface area contributed by atoms with Crippen molar-refractivity contribution in [2.75, 3.05) is 13.1 Å². The number of pyridine rings is 1. The predicted octanol–water partition coefficient (Wildman–Crippen LogP) is 3.83. The lowest BCUT2D eigenvalue weighted by atomic mass is 10.00. The van der Waals surface area contributed by atoms with Gasteiger partial charge in [0.25, 0.3) is 0 Å². The number of halogens is 1. The number of rotatable bonds is 5. The number of nitrogens with zero attached hydrogens (tertiary/aromatic N) is 3. The van der Waals surface area contributed by atoms with Crippen LogP contribution >= 0.6 is 24.0 Å². The summed E-state index contributed by atoms with van der Waals surface area (Å²) in [4.78, 5) is 11.0. The van der Waals surface area contributed by atoms with Crippen molar-refractivity contribution < 1.29 is 4.74 Å². The summed E-state index contributed by atoms with van der Waals surface area (Å²) in [6.45, 7) is 5.34. The molecule has 0 aliphatic carbocycles. The number of benzene rings is 1. The van der Waals surface area contributed by atoms with E-state index in [1.807, 2.05) is 42.5 Å². The van der Waals surface area contributed by atoms with Gasteiger partial charge in [-0.2, -0.15) is 0 Å². The van der Waals surface area contributed by atoms with Crippen LogP contribution in [0.3, 0.4) is 0 Å². The summed E-state index contributed by atoms with van der Waals surface area (Å²) in [5, 5.41) is 0. The molecule has 2 heterocycles. The van der Waals surface area contributed by atoms with Gasteiger partial charge in [-0.3, -0.25) is 0 Å². The van der Waals surface area contributed by atoms with Gasteiger partial charge in [0.1, 0.15) is 6.61 Å². The van der Waals surface area contributed by atoms with E-state index in [2.05, 4.69) is 21.8 Å². The molecule has 0 saturated carbocycles. The zero-order valence-corrected chi connectivity index (χ0v) is 17.5. The molecule has 1 aromatic carbocycles. The first-order chi connectivity index (χ1) is 12.2. The standard InChI is InChI=1S/C20H26N4O.HI/c1-16-8-11-24(12-9-16)20(21)23-14-18-7-10-22-19(13-18)25-15-17-5-3-2-4-6-17;/h2-7,10,13,16H,8-9,11-12,14-15H2,1H3,(H2,21,23);1H. The molecule has 1 aromatic heterocycles. The zero-order valence-electron chi connectivity index (χ0n) is 15.2. The number of hydrogen-bond donors (Lipinski definition) is 1. The zero-order chi connectivity index (χ0) is 17.5. The fourth-order valence-corrected chi connectivity index (χ4v) is 2.87. The summed E-state index contributed by atoms with van der Waals surface area (Å²) in [6, 6.07) is 13.9. The Morgan fingerprint density at radius 3 is 2.65 bits per heavy atom. The van der Waals surface area contributed by atoms with Crippen LogP contribution in [0.4, 0.5) is 0 Å². The Bertz CT molecular complexity index is 700. The van der Waals surface area contributed by atoms with E-state index in [9.17, 15) is 0 Å². The number of hydrogen-bond acceptors (Lipinski definition) is 3. The molecule has 0 unspecified atom stereocenters. The highest BCUT2D eigenvalue weighted by atomic mass is 127. The normalized spacial score (nSPS) is 15.4. The van der Waals surface area contributed by atoms with Crippen LogP contribution in [0.2, 0.25) is 0 Å². The van der Waals surface area contributed by atoms with E-state index in [0.29, 0.717) is 25.0 Å². The SMILES string of the molecule is CC1CCN(C(N)=NCc2ccnc(OCc3ccccc3)c2)CC1.I. The molecule has 0 amide bonds. The van der Waals surface area contributed by atoms with Crippen molar-refractivity contribution in [2.45, 2.75) is 32.9 Å². The van der Waals surface area contributed by atoms with Crippen LogP contribution < -0.4 is 10.5 Å². The van der Waals surface area contributed by atoms with Crippen LogP contribution in [0.15, 0.2) is 53.7 Å². The molecule has 0 bridgehead atoms. The number of likely N-dealkylation sites (tertiary alicyclic amines) is 1. The molecule has 5 nitrogen and oxygen atoms in total. The Labute approximate surface area is 172 Å². The van der Waals surface area contributed by atoms with Gasteiger partial charge in [-0.15, -0.1) is 24.0 Å². The van der Waals surface area contributed by atoms with Crippen molar-refractivity contribution in [1.29, 1.82) is 0 Å². The van der Waals surface area contributed by atoms with Crippen molar-refractivity contribution in [1.82, 2.24) is 9.88 Å². The number of aliphatic imine (C=N–C) groups is 1. The summed E-state index contributed by atoms with van der Waals surface area (Å²) in [6.07, 6.45) is 4.12. The molecular formula is C20H27IN4O. The van der Waals surface area contributed by atoms with Crippen molar-refractivity contribution in [3.05, 3.63) is 59.8 Å². The second-order valence-corrected chi connectivity index (χ2v) is 6.62. The first-order valence-corrected chi connectivity index (χ1v) is 8.87. The van der Waals surface area contributed by atoms with Crippen LogP contribution in [-0.2, 0) is 13.2 Å². The smallest absolute Gasteiger partial charge is 0.213 e. The van der Waals surface area contributed by atoms with Gasteiger partial charge in [0.15, 0.2) is 5.96 Å². The van der Waals surface area contributed by atoms with Crippen LogP contribution in [0, 0.1) is 5.92 Å². The van der Waals surface area contributed by atoms with Crippen molar-refractivity contribution in [2.24, 2.45) is 16.6 Å². The van der Waals surface area contributed by atoms with Crippen LogP contribution in [0.5, 0.6) is 5.88 Å². The average molecular weight is 466 g/mol. The average Bonchev–Trinajstić information content (AvgIpc) is 2.66. The first kappa shape index (κ1) is 20.5. The van der Waals surface area contributed by atoms with Crippen molar-refractivity contribution >= 4 is 29.9 Å². The molecular weight excluding hydrogens is 439 g/mol. The van der Waals surface area contributed by atoms with Gasteiger partial charge in [-0.05, 0) is 36.0 Å². The van der Waals surface area contributed by atoms with Gasteiger partial charge in [0.2, 0.25) is 5.88 Å². The minimum absolute atomic E-state index is 0. The fraction of sp³-hybridized carbons (Fsp3) is 0.400. The Morgan fingerprint density at radius 1 is 1.19 bits per heavy atom. The van der Waals surface area contributed by atoms with Crippen LogP contribution in [-0.4, -0.2) is 28.9 Å². The maximum atomic E-state index is 6.14. The lowest BCUT2D eigenvalue weighted by Gasteiger charge is -2.31. The maximum absolute atomic E-state index is 6.14. The van der Waals surface area contributed by atoms with Gasteiger partial charge in [0.05, 0.1) is 6.54 Å². The maximum Gasteiger partial charge on any atom is 0.213 e. The highest BCUT2D eigenvalue weighted by Gasteiger charge is 2.16. The molecule has 1 saturated heterocycles. The molecule has 26 heavy (non-hydrogen) atoms. The quantitative estimate of drug-likeness (QED) is 0.414. The highest BCUT2D eigenvalue weighted by Crippen LogP contribution is 2.16. The number of nitrogens with two attached hydrogens (primary N) is 1. The summed E-state index contributed by atoms with van der Waals surface area (Å²) in [7, 11) is 0. The van der Waals surface area contributed by atoms with Crippen LogP contribution in [0.1, 0.15) is 30.9 Å². The molecule has 2 aromatic rings. The third kappa shape index (κ3) is 6.16. The number of guanidine groups is 1. The largest absolute Gasteiger partial charge is 0.473 e. The fourth-order valence-electron chi connectivity index (χ4n) is 2.87. The van der Waals surface area contributed by atoms with E-state index in [4.69, 9.17) is 10.5 Å². The lowest BCUT2D eigenvalue weighted by Crippen LogP contribution is -2.42. The van der Waals surface area contributed by atoms with E-state index < -0.39 is 0 Å². The van der Waals surface area contributed by atoms with Gasteiger partial charge >= 0.3 is 0 Å². The number of ether oxygens (including phenoxy) is 1. The lowest BCUT2D eigenvalue weighted by molar-refractivity contribution is 0.277. The Balaban J connectivity index is 0.00000243. The molecule has 1 fully saturated rings. The third-order valence-electron chi connectivity index (χ3n) is 4.56. The molecule has 140 valence electrons. The Morgan fingerprint density at radius 2 is 1.92 bits per heavy atom. The molecule has 1 aliphatic rings. The van der Waals surface area contributed by atoms with Crippen molar-refractivity contribution in [3.8, 4) is 5.88 Å². The molecule has 1 aliphatic heterocycles. The first-order valence-electron chi connectivity index (χ1n) is 8.87. The molecule has 0 spiro atoms. The summed E-state index contributed by atoms with van der Waals surface area (Å²) in [5.41, 5.74) is 8.31. The summed E-state index contributed by atoms with van der Waals surface area (Å²) in [5.74, 6) is 2.03. The van der Waals surface area contributed by atoms with E-state index >= 15 is 0 Å². The van der Waals surface area contributed by atoms with E-state index in [0.717, 1.165) is 30.1 Å². The van der Waals surface area contributed by atoms with E-state index in [-0.39, 0.29) is 24.0 Å². The number of piperidine rings is 1. The number of aromatic nitrogens is 1.